The largest absolute Gasteiger partial charge is 0.459 e. The van der Waals surface area contributed by atoms with Crippen LogP contribution in [0, 0.1) is 11.7 Å². The zero-order chi connectivity index (χ0) is 19.5. The first-order valence-electron chi connectivity index (χ1n) is 8.36. The Kier molecular flexibility index (Phi) is 6.23. The molecule has 26 heavy (non-hydrogen) atoms. The van der Waals surface area contributed by atoms with E-state index in [1.807, 2.05) is 13.8 Å². The number of ether oxygens (including phenoxy) is 1. The number of esters is 1. The van der Waals surface area contributed by atoms with Crippen LogP contribution in [0.25, 0.3) is 0 Å². The maximum Gasteiger partial charge on any atom is 0.326 e. The fraction of sp³-hybridized carbons (Fsp3) is 0.500. The van der Waals surface area contributed by atoms with Gasteiger partial charge in [-0.15, -0.1) is 0 Å². The molecule has 2 rings (SSSR count). The van der Waals surface area contributed by atoms with Crippen LogP contribution in [0.4, 0.5) is 9.18 Å². The lowest BCUT2D eigenvalue weighted by Gasteiger charge is -2.22. The van der Waals surface area contributed by atoms with Crippen LogP contribution in [-0.2, 0) is 20.9 Å². The summed E-state index contributed by atoms with van der Waals surface area (Å²) in [5.41, 5.74) is -0.988. The Morgan fingerprint density at radius 3 is 2.69 bits per heavy atom. The smallest absolute Gasteiger partial charge is 0.326 e. The summed E-state index contributed by atoms with van der Waals surface area (Å²) in [7, 11) is 0. The molecule has 1 aromatic carbocycles. The molecule has 3 amide bonds. The third kappa shape index (κ3) is 4.52. The molecule has 0 aromatic heterocycles. The molecule has 0 radical (unpaired) electrons. The van der Waals surface area contributed by atoms with Crippen LogP contribution in [0.2, 0.25) is 5.02 Å². The van der Waals surface area contributed by atoms with E-state index in [1.165, 1.54) is 18.2 Å². The van der Waals surface area contributed by atoms with Crippen molar-refractivity contribution in [2.75, 3.05) is 6.54 Å². The first-order valence-corrected chi connectivity index (χ1v) is 8.74. The Morgan fingerprint density at radius 1 is 1.38 bits per heavy atom. The van der Waals surface area contributed by atoms with Crippen molar-refractivity contribution in [1.82, 2.24) is 10.2 Å². The highest BCUT2D eigenvalue weighted by Crippen LogP contribution is 2.25. The molecular formula is C18H22ClFN2O4. The number of imide groups is 1. The number of benzene rings is 1. The van der Waals surface area contributed by atoms with Gasteiger partial charge < -0.3 is 10.1 Å². The number of halogens is 2. The van der Waals surface area contributed by atoms with Crippen molar-refractivity contribution in [1.29, 1.82) is 0 Å². The molecular weight excluding hydrogens is 363 g/mol. The summed E-state index contributed by atoms with van der Waals surface area (Å²) in [5, 5.41) is 2.76. The molecule has 0 bridgehead atoms. The highest BCUT2D eigenvalue weighted by molar-refractivity contribution is 6.31. The molecule has 0 aliphatic carbocycles. The van der Waals surface area contributed by atoms with Crippen molar-refractivity contribution in [3.8, 4) is 0 Å². The Labute approximate surface area is 156 Å². The SMILES string of the molecule is CC(C)CC[C@@]1(C)NC(=O)N(CC(=O)OCc2c(F)cccc2Cl)C1=O. The summed E-state index contributed by atoms with van der Waals surface area (Å²) in [4.78, 5) is 37.4. The van der Waals surface area contributed by atoms with Crippen molar-refractivity contribution in [3.05, 3.63) is 34.6 Å². The van der Waals surface area contributed by atoms with Crippen molar-refractivity contribution in [2.45, 2.75) is 45.8 Å². The van der Waals surface area contributed by atoms with Crippen LogP contribution in [0.3, 0.4) is 0 Å². The molecule has 142 valence electrons. The normalized spacial score (nSPS) is 19.8. The topological polar surface area (TPSA) is 75.7 Å². The number of hydrogen-bond donors (Lipinski definition) is 1. The van der Waals surface area contributed by atoms with Gasteiger partial charge in [0.05, 0.1) is 5.02 Å². The highest BCUT2D eigenvalue weighted by Gasteiger charge is 2.48. The number of nitrogens with one attached hydrogen (secondary N) is 1. The van der Waals surface area contributed by atoms with Crippen LogP contribution in [0.1, 0.15) is 39.2 Å². The van der Waals surface area contributed by atoms with Crippen molar-refractivity contribution in [2.24, 2.45) is 5.92 Å². The van der Waals surface area contributed by atoms with Gasteiger partial charge in [-0.25, -0.2) is 9.18 Å². The minimum atomic E-state index is -1.03. The highest BCUT2D eigenvalue weighted by atomic mass is 35.5. The summed E-state index contributed by atoms with van der Waals surface area (Å²) >= 11 is 5.87. The van der Waals surface area contributed by atoms with Gasteiger partial charge in [-0.1, -0.05) is 31.5 Å². The summed E-state index contributed by atoms with van der Waals surface area (Å²) in [5.74, 6) is -1.51. The van der Waals surface area contributed by atoms with E-state index in [2.05, 4.69) is 5.32 Å². The number of nitrogens with zero attached hydrogens (tertiary/aromatic N) is 1. The van der Waals surface area contributed by atoms with E-state index in [4.69, 9.17) is 16.3 Å². The quantitative estimate of drug-likeness (QED) is 0.578. The van der Waals surface area contributed by atoms with E-state index >= 15 is 0 Å². The van der Waals surface area contributed by atoms with Crippen LogP contribution in [0.5, 0.6) is 0 Å². The number of amides is 3. The van der Waals surface area contributed by atoms with Gasteiger partial charge in [0.15, 0.2) is 0 Å². The Morgan fingerprint density at radius 2 is 2.08 bits per heavy atom. The van der Waals surface area contributed by atoms with Crippen LogP contribution < -0.4 is 5.32 Å². The van der Waals surface area contributed by atoms with Gasteiger partial charge in [-0.2, -0.15) is 0 Å². The average molecular weight is 385 g/mol. The van der Waals surface area contributed by atoms with E-state index in [1.54, 1.807) is 6.92 Å². The minimum Gasteiger partial charge on any atom is -0.459 e. The minimum absolute atomic E-state index is 0.0430. The van der Waals surface area contributed by atoms with E-state index in [-0.39, 0.29) is 17.2 Å². The number of rotatable bonds is 7. The molecule has 1 fully saturated rings. The van der Waals surface area contributed by atoms with Gasteiger partial charge in [0, 0.05) is 5.56 Å². The lowest BCUT2D eigenvalue weighted by molar-refractivity contribution is -0.148. The van der Waals surface area contributed by atoms with E-state index in [9.17, 15) is 18.8 Å². The molecule has 1 atom stereocenters. The third-order valence-corrected chi connectivity index (χ3v) is 4.65. The van der Waals surface area contributed by atoms with Gasteiger partial charge in [0.2, 0.25) is 0 Å². The predicted octanol–water partition coefficient (Wildman–Crippen LogP) is 3.27. The zero-order valence-corrected chi connectivity index (χ0v) is 15.7. The van der Waals surface area contributed by atoms with Gasteiger partial charge >= 0.3 is 12.0 Å². The molecule has 1 aromatic rings. The standard InChI is InChI=1S/C18H22ClFN2O4/c1-11(2)7-8-18(3)16(24)22(17(25)21-18)9-15(23)26-10-12-13(19)5-4-6-14(12)20/h4-6,11H,7-10H2,1-3H3,(H,21,25)/t18-/m1/s1. The lowest BCUT2D eigenvalue weighted by Crippen LogP contribution is -2.44. The van der Waals surface area contributed by atoms with Crippen molar-refractivity contribution >= 4 is 29.5 Å². The molecule has 1 aliphatic rings. The van der Waals surface area contributed by atoms with E-state index in [0.29, 0.717) is 12.3 Å². The number of carbonyl (C=O) groups is 3. The lowest BCUT2D eigenvalue weighted by atomic mass is 9.92. The van der Waals surface area contributed by atoms with Crippen molar-refractivity contribution < 1.29 is 23.5 Å². The first kappa shape index (κ1) is 20.2. The van der Waals surface area contributed by atoms with Gasteiger partial charge in [-0.05, 0) is 37.8 Å². The summed E-state index contributed by atoms with van der Waals surface area (Å²) < 4.78 is 18.7. The molecule has 0 spiro atoms. The van der Waals surface area contributed by atoms with E-state index in [0.717, 1.165) is 11.3 Å². The molecule has 1 saturated heterocycles. The summed E-state index contributed by atoms with van der Waals surface area (Å²) in [6, 6.07) is 3.48. The Balaban J connectivity index is 1.96. The number of carbonyl (C=O) groups excluding carboxylic acids is 3. The zero-order valence-electron chi connectivity index (χ0n) is 15.0. The van der Waals surface area contributed by atoms with E-state index < -0.39 is 35.8 Å². The summed E-state index contributed by atoms with van der Waals surface area (Å²) in [6.07, 6.45) is 1.23. The second kappa shape index (κ2) is 8.03. The molecule has 1 heterocycles. The molecule has 0 unspecified atom stereocenters. The van der Waals surface area contributed by atoms with Gasteiger partial charge in [-0.3, -0.25) is 14.5 Å². The van der Waals surface area contributed by atoms with Crippen LogP contribution >= 0.6 is 11.6 Å². The van der Waals surface area contributed by atoms with Crippen molar-refractivity contribution in [3.63, 3.8) is 0 Å². The monoisotopic (exact) mass is 384 g/mol. The Bertz CT molecular complexity index is 705. The number of urea groups is 1. The molecule has 0 saturated carbocycles. The average Bonchev–Trinajstić information content (AvgIpc) is 2.76. The molecule has 6 nitrogen and oxygen atoms in total. The molecule has 8 heteroatoms. The number of hydrogen-bond acceptors (Lipinski definition) is 4. The molecule has 1 aliphatic heterocycles. The van der Waals surface area contributed by atoms with Crippen LogP contribution in [-0.4, -0.2) is 34.9 Å². The molecule has 1 N–H and O–H groups in total. The first-order chi connectivity index (χ1) is 12.1. The third-order valence-electron chi connectivity index (χ3n) is 4.29. The predicted molar refractivity (Wildman–Crippen MR) is 93.9 cm³/mol. The Hall–Kier alpha value is -2.15. The maximum atomic E-state index is 13.7. The van der Waals surface area contributed by atoms with Gasteiger partial charge in [0.25, 0.3) is 5.91 Å². The van der Waals surface area contributed by atoms with Gasteiger partial charge in [0.1, 0.15) is 24.5 Å². The fourth-order valence-corrected chi connectivity index (χ4v) is 2.85. The summed E-state index contributed by atoms with van der Waals surface area (Å²) in [6.45, 7) is 4.77. The maximum absolute atomic E-state index is 13.7. The second-order valence-electron chi connectivity index (χ2n) is 6.95. The second-order valence-corrected chi connectivity index (χ2v) is 7.35. The van der Waals surface area contributed by atoms with Crippen LogP contribution in [0.15, 0.2) is 18.2 Å². The fourth-order valence-electron chi connectivity index (χ4n) is 2.64.